The van der Waals surface area contributed by atoms with Crippen molar-refractivity contribution in [2.24, 2.45) is 0 Å². The minimum Gasteiger partial charge on any atom is -1.00 e. The van der Waals surface area contributed by atoms with Gasteiger partial charge >= 0.3 is 51.4 Å². The average molecular weight is 237 g/mol. The summed E-state index contributed by atoms with van der Waals surface area (Å²) in [5.74, 6) is 0. The molecule has 0 fully saturated rings. The molecule has 1 nitrogen and oxygen atoms in total. The molecule has 0 saturated heterocycles. The third-order valence-electron chi connectivity index (χ3n) is 0.955. The molecular formula is C6H5Cl3KN. The molecule has 0 spiro atoms. The summed E-state index contributed by atoms with van der Waals surface area (Å²) in [6.45, 7) is 0. The number of hydrogen-bond donors (Lipinski definition) is 0. The number of alkyl halides is 3. The van der Waals surface area contributed by atoms with E-state index in [0.717, 1.165) is 0 Å². The number of nitrogens with zero attached hydrogens (tertiary/aromatic N) is 1. The number of hydrogen-bond acceptors (Lipinski definition) is 1. The van der Waals surface area contributed by atoms with Crippen molar-refractivity contribution in [2.75, 3.05) is 0 Å². The molecule has 11 heavy (non-hydrogen) atoms. The molecule has 0 bridgehead atoms. The quantitative estimate of drug-likeness (QED) is 0.457. The van der Waals surface area contributed by atoms with Gasteiger partial charge in [-0.3, -0.25) is 4.98 Å². The van der Waals surface area contributed by atoms with E-state index in [4.69, 9.17) is 34.8 Å². The Bertz CT molecular complexity index is 214. The van der Waals surface area contributed by atoms with E-state index in [1.54, 1.807) is 24.4 Å². The first-order chi connectivity index (χ1) is 4.61. The first-order valence-corrected chi connectivity index (χ1v) is 3.72. The smallest absolute Gasteiger partial charge is 1.00 e. The summed E-state index contributed by atoms with van der Waals surface area (Å²) in [6.07, 6.45) is 1.58. The van der Waals surface area contributed by atoms with E-state index in [9.17, 15) is 0 Å². The van der Waals surface area contributed by atoms with Crippen LogP contribution in [0.1, 0.15) is 7.12 Å². The zero-order valence-corrected chi connectivity index (χ0v) is 11.3. The first kappa shape index (κ1) is 12.7. The van der Waals surface area contributed by atoms with Gasteiger partial charge in [0.05, 0.1) is 5.69 Å². The molecule has 0 unspecified atom stereocenters. The molecule has 5 heteroatoms. The Morgan fingerprint density at radius 3 is 2.18 bits per heavy atom. The predicted octanol–water partition coefficient (Wildman–Crippen LogP) is 0.0248. The molecule has 0 atom stereocenters. The van der Waals surface area contributed by atoms with Gasteiger partial charge in [0.25, 0.3) is 0 Å². The second kappa shape index (κ2) is 5.40. The third-order valence-corrected chi connectivity index (χ3v) is 1.54. The van der Waals surface area contributed by atoms with E-state index < -0.39 is 3.79 Å². The van der Waals surface area contributed by atoms with Gasteiger partial charge in [0.1, 0.15) is 0 Å². The molecular weight excluding hydrogens is 232 g/mol. The van der Waals surface area contributed by atoms with Gasteiger partial charge in [0.2, 0.25) is 3.79 Å². The van der Waals surface area contributed by atoms with Crippen LogP contribution in [0, 0.1) is 0 Å². The van der Waals surface area contributed by atoms with E-state index in [2.05, 4.69) is 4.98 Å². The van der Waals surface area contributed by atoms with Gasteiger partial charge in [-0.15, -0.1) is 0 Å². The fourth-order valence-electron chi connectivity index (χ4n) is 0.530. The zero-order valence-electron chi connectivity index (χ0n) is 6.89. The van der Waals surface area contributed by atoms with Crippen LogP contribution < -0.4 is 51.4 Å². The van der Waals surface area contributed by atoms with Crippen LogP contribution in [0.5, 0.6) is 0 Å². The molecule has 0 saturated carbocycles. The predicted molar refractivity (Wildman–Crippen MR) is 44.6 cm³/mol. The molecule has 1 heterocycles. The maximum atomic E-state index is 5.53. The summed E-state index contributed by atoms with van der Waals surface area (Å²) in [6, 6.07) is 5.19. The van der Waals surface area contributed by atoms with Crippen molar-refractivity contribution in [3.63, 3.8) is 0 Å². The molecule has 0 aliphatic rings. The van der Waals surface area contributed by atoms with Crippen molar-refractivity contribution >= 4 is 34.8 Å². The van der Waals surface area contributed by atoms with Crippen molar-refractivity contribution < 1.29 is 52.8 Å². The van der Waals surface area contributed by atoms with Crippen LogP contribution in [-0.4, -0.2) is 4.98 Å². The fraction of sp³-hybridized carbons (Fsp3) is 0.167. The van der Waals surface area contributed by atoms with Gasteiger partial charge in [0.15, 0.2) is 0 Å². The molecule has 56 valence electrons. The van der Waals surface area contributed by atoms with Crippen LogP contribution >= 0.6 is 34.8 Å². The summed E-state index contributed by atoms with van der Waals surface area (Å²) in [5, 5.41) is 0. The Kier molecular flexibility index (Phi) is 6.21. The van der Waals surface area contributed by atoms with E-state index in [-0.39, 0.29) is 52.8 Å². The van der Waals surface area contributed by atoms with Gasteiger partial charge in [-0.1, -0.05) is 40.9 Å². The summed E-state index contributed by atoms with van der Waals surface area (Å²) in [7, 11) is 0. The van der Waals surface area contributed by atoms with Crippen molar-refractivity contribution in [1.29, 1.82) is 0 Å². The van der Waals surface area contributed by atoms with E-state index >= 15 is 0 Å². The Hall–Kier alpha value is 1.66. The Labute approximate surface area is 124 Å². The SMILES string of the molecule is ClC(Cl)(Cl)c1ccccn1.[H-].[K+]. The van der Waals surface area contributed by atoms with E-state index in [1.807, 2.05) is 0 Å². The van der Waals surface area contributed by atoms with Gasteiger partial charge in [-0.05, 0) is 12.1 Å². The van der Waals surface area contributed by atoms with Crippen molar-refractivity contribution in [3.05, 3.63) is 30.1 Å². The van der Waals surface area contributed by atoms with Crippen LogP contribution in [0.3, 0.4) is 0 Å². The molecule has 0 aliphatic heterocycles. The summed E-state index contributed by atoms with van der Waals surface area (Å²) >= 11 is 16.6. The van der Waals surface area contributed by atoms with Crippen molar-refractivity contribution in [3.8, 4) is 0 Å². The minimum absolute atomic E-state index is 0. The van der Waals surface area contributed by atoms with Gasteiger partial charge in [-0.25, -0.2) is 0 Å². The first-order valence-electron chi connectivity index (χ1n) is 2.59. The molecule has 0 N–H and O–H groups in total. The number of pyridine rings is 1. The zero-order chi connectivity index (χ0) is 7.61. The Morgan fingerprint density at radius 2 is 1.91 bits per heavy atom. The Balaban J connectivity index is 0. The largest absolute Gasteiger partial charge is 1.00 e. The molecule has 0 amide bonds. The number of halogens is 3. The molecule has 0 aromatic carbocycles. The molecule has 1 aromatic rings. The summed E-state index contributed by atoms with van der Waals surface area (Å²) in [5.41, 5.74) is 0.444. The maximum Gasteiger partial charge on any atom is 1.00 e. The maximum absolute atomic E-state index is 5.53. The Morgan fingerprint density at radius 1 is 1.27 bits per heavy atom. The summed E-state index contributed by atoms with van der Waals surface area (Å²) in [4.78, 5) is 3.85. The van der Waals surface area contributed by atoms with Crippen molar-refractivity contribution in [2.45, 2.75) is 3.79 Å². The number of rotatable bonds is 0. The summed E-state index contributed by atoms with van der Waals surface area (Å²) < 4.78 is -1.40. The van der Waals surface area contributed by atoms with E-state index in [0.29, 0.717) is 5.69 Å². The van der Waals surface area contributed by atoms with Crippen LogP contribution in [0.2, 0.25) is 0 Å². The number of aromatic nitrogens is 1. The van der Waals surface area contributed by atoms with E-state index in [1.165, 1.54) is 0 Å². The van der Waals surface area contributed by atoms with Gasteiger partial charge in [0, 0.05) is 6.20 Å². The molecule has 1 rings (SSSR count). The molecule has 0 aliphatic carbocycles. The normalized spacial score (nSPS) is 10.5. The molecule has 1 aromatic heterocycles. The fourth-order valence-corrected chi connectivity index (χ4v) is 0.866. The minimum atomic E-state index is -1.40. The average Bonchev–Trinajstić information content (AvgIpc) is 1.88. The van der Waals surface area contributed by atoms with Crippen LogP contribution in [-0.2, 0) is 3.79 Å². The second-order valence-electron chi connectivity index (χ2n) is 1.71. The second-order valence-corrected chi connectivity index (χ2v) is 3.99. The van der Waals surface area contributed by atoms with Gasteiger partial charge in [-0.2, -0.15) is 0 Å². The topological polar surface area (TPSA) is 12.9 Å². The molecule has 0 radical (unpaired) electrons. The van der Waals surface area contributed by atoms with Crippen LogP contribution in [0.4, 0.5) is 0 Å². The third kappa shape index (κ3) is 4.43. The van der Waals surface area contributed by atoms with Crippen molar-refractivity contribution in [1.82, 2.24) is 4.98 Å². The van der Waals surface area contributed by atoms with Gasteiger partial charge < -0.3 is 1.43 Å². The standard InChI is InChI=1S/C6H4Cl3N.K.H/c7-6(8,9)5-3-1-2-4-10-5;;/h1-4H;;/q;+1;-1. The van der Waals surface area contributed by atoms with Crippen LogP contribution in [0.15, 0.2) is 24.4 Å². The monoisotopic (exact) mass is 235 g/mol. The van der Waals surface area contributed by atoms with Crippen LogP contribution in [0.25, 0.3) is 0 Å².